The third kappa shape index (κ3) is 13.7. The molecular weight excluding hydrogens is 360 g/mol. The third-order valence-electron chi connectivity index (χ3n) is 3.10. The topological polar surface area (TPSA) is 44.8 Å². The minimum absolute atomic E-state index is 0.157. The highest BCUT2D eigenvalue weighted by atomic mass is 32.2. The van der Waals surface area contributed by atoms with Crippen molar-refractivity contribution in [2.75, 3.05) is 27.6 Å². The van der Waals surface area contributed by atoms with Crippen molar-refractivity contribution in [2.24, 2.45) is 0 Å². The molecule has 0 N–H and O–H groups in total. The predicted molar refractivity (Wildman–Crippen MR) is 116 cm³/mol. The van der Waals surface area contributed by atoms with Gasteiger partial charge in [-0.15, -0.1) is 11.8 Å². The van der Waals surface area contributed by atoms with Crippen molar-refractivity contribution in [2.45, 2.75) is 39.0 Å². The maximum absolute atomic E-state index is 9.96. The second-order valence-corrected chi connectivity index (χ2v) is 5.66. The van der Waals surface area contributed by atoms with Crippen LogP contribution in [0.5, 0.6) is 11.5 Å². The molecule has 0 saturated carbocycles. The summed E-state index contributed by atoms with van der Waals surface area (Å²) >= 11 is 1.77. The molecule has 0 spiro atoms. The number of methoxy groups -OCH3 is 3. The van der Waals surface area contributed by atoms with E-state index in [2.05, 4.69) is 23.1 Å². The molecule has 0 aliphatic rings. The molecule has 0 amide bonds. The number of ether oxygens (including phenoxy) is 3. The van der Waals surface area contributed by atoms with Crippen LogP contribution in [0.2, 0.25) is 0 Å². The lowest BCUT2D eigenvalue weighted by Crippen LogP contribution is -1.94. The van der Waals surface area contributed by atoms with Gasteiger partial charge in [-0.2, -0.15) is 0 Å². The number of thioether (sulfide) groups is 1. The van der Waals surface area contributed by atoms with E-state index in [0.717, 1.165) is 17.1 Å². The van der Waals surface area contributed by atoms with E-state index < -0.39 is 0 Å². The summed E-state index contributed by atoms with van der Waals surface area (Å²) in [7, 11) is 4.70. The lowest BCUT2D eigenvalue weighted by atomic mass is 10.2. The number of hydrogen-bond acceptors (Lipinski definition) is 5. The van der Waals surface area contributed by atoms with Gasteiger partial charge in [-0.25, -0.2) is 0 Å². The van der Waals surface area contributed by atoms with Crippen LogP contribution in [0.3, 0.4) is 0 Å². The van der Waals surface area contributed by atoms with Crippen molar-refractivity contribution in [3.05, 3.63) is 54.1 Å². The summed E-state index contributed by atoms with van der Waals surface area (Å²) in [6.07, 6.45) is 2.55. The number of rotatable bonds is 4. The zero-order valence-electron chi connectivity index (χ0n) is 17.9. The first kappa shape index (κ1) is 27.1. The molecule has 0 atom stereocenters. The lowest BCUT2D eigenvalue weighted by Gasteiger charge is -2.05. The van der Waals surface area contributed by atoms with Gasteiger partial charge >= 0.3 is 5.97 Å². The molecule has 2 rings (SSSR count). The van der Waals surface area contributed by atoms with Crippen LogP contribution in [-0.4, -0.2) is 33.6 Å². The summed E-state index contributed by atoms with van der Waals surface area (Å²) in [6.45, 7) is 7.74. The van der Waals surface area contributed by atoms with Crippen molar-refractivity contribution >= 4 is 17.7 Å². The van der Waals surface area contributed by atoms with E-state index in [1.165, 1.54) is 12.0 Å². The summed E-state index contributed by atoms with van der Waals surface area (Å²) in [5.74, 6) is 1.60. The van der Waals surface area contributed by atoms with Gasteiger partial charge in [0, 0.05) is 11.3 Å². The number of aryl methyl sites for hydroxylation is 1. The Hall–Kier alpha value is -2.14. The molecular formula is C22H34O4S. The molecule has 0 heterocycles. The second-order valence-electron chi connectivity index (χ2n) is 4.78. The summed E-state index contributed by atoms with van der Waals surface area (Å²) < 4.78 is 14.4. The molecule has 5 heteroatoms. The number of carbonyl (C=O) groups is 1. The van der Waals surface area contributed by atoms with Crippen LogP contribution in [0.25, 0.3) is 0 Å². The Morgan fingerprint density at radius 3 is 1.85 bits per heavy atom. The maximum atomic E-state index is 9.96. The van der Waals surface area contributed by atoms with E-state index in [1.807, 2.05) is 57.2 Å². The summed E-state index contributed by atoms with van der Waals surface area (Å²) in [5, 5.41) is 0. The Balaban J connectivity index is 0. The molecule has 27 heavy (non-hydrogen) atoms. The maximum Gasteiger partial charge on any atom is 0.305 e. The van der Waals surface area contributed by atoms with Gasteiger partial charge in [0.15, 0.2) is 0 Å². The molecule has 0 fully saturated rings. The van der Waals surface area contributed by atoms with Gasteiger partial charge in [0.05, 0.1) is 21.3 Å². The first-order valence-corrected chi connectivity index (χ1v) is 10.1. The van der Waals surface area contributed by atoms with Crippen LogP contribution in [0.4, 0.5) is 0 Å². The lowest BCUT2D eigenvalue weighted by molar-refractivity contribution is -0.140. The van der Waals surface area contributed by atoms with Gasteiger partial charge in [0.2, 0.25) is 0 Å². The van der Waals surface area contributed by atoms with Crippen LogP contribution in [0.15, 0.2) is 53.4 Å². The average molecular weight is 395 g/mol. The smallest absolute Gasteiger partial charge is 0.305 e. The van der Waals surface area contributed by atoms with E-state index >= 15 is 0 Å². The quantitative estimate of drug-likeness (QED) is 0.469. The summed E-state index contributed by atoms with van der Waals surface area (Å²) in [4.78, 5) is 11.3. The Kier molecular flexibility index (Phi) is 18.7. The Bertz CT molecular complexity index is 595. The molecule has 0 bridgehead atoms. The number of esters is 1. The van der Waals surface area contributed by atoms with Gasteiger partial charge in [0.1, 0.15) is 11.5 Å². The fraction of sp³-hybridized carbons (Fsp3) is 0.409. The van der Waals surface area contributed by atoms with E-state index in [9.17, 15) is 4.79 Å². The minimum Gasteiger partial charge on any atom is -0.497 e. The molecule has 152 valence electrons. The number of carbonyl (C=O) groups excluding carboxylic acids is 1. The normalized spacial score (nSPS) is 8.44. The molecule has 0 aromatic heterocycles. The fourth-order valence-corrected chi connectivity index (χ4v) is 2.11. The molecule has 2 aromatic carbocycles. The van der Waals surface area contributed by atoms with E-state index in [1.54, 1.807) is 32.9 Å². The fourth-order valence-electron chi connectivity index (χ4n) is 1.68. The highest BCUT2D eigenvalue weighted by molar-refractivity contribution is 7.98. The standard InChI is InChI=1S/C9H12O2.C7H8S.C4H8O2.C2H6/c1-7-6-8(10-2)4-5-9(7)11-3;1-8-7-5-3-2-4-6-7;1-3-4(5)6-2;1-2/h4-6H,1-3H3;2-6H,1H3;3H2,1-2H3;1-2H3. The zero-order chi connectivity index (χ0) is 21.1. The first-order chi connectivity index (χ1) is 13.0. The predicted octanol–water partition coefficient (Wildman–Crippen LogP) is 6.02. The van der Waals surface area contributed by atoms with Crippen molar-refractivity contribution in [1.82, 2.24) is 0 Å². The van der Waals surface area contributed by atoms with E-state index in [0.29, 0.717) is 6.42 Å². The molecule has 0 aliphatic heterocycles. The summed E-state index contributed by atoms with van der Waals surface area (Å²) in [5.41, 5.74) is 1.09. The highest BCUT2D eigenvalue weighted by Crippen LogP contribution is 2.22. The Morgan fingerprint density at radius 2 is 1.56 bits per heavy atom. The van der Waals surface area contributed by atoms with Gasteiger partial charge in [-0.05, 0) is 49.1 Å². The number of benzene rings is 2. The Morgan fingerprint density at radius 1 is 0.963 bits per heavy atom. The molecule has 0 saturated heterocycles. The van der Waals surface area contributed by atoms with Crippen molar-refractivity contribution in [1.29, 1.82) is 0 Å². The van der Waals surface area contributed by atoms with Crippen LogP contribution < -0.4 is 9.47 Å². The Labute approximate surface area is 169 Å². The largest absolute Gasteiger partial charge is 0.497 e. The van der Waals surface area contributed by atoms with E-state index in [-0.39, 0.29) is 5.97 Å². The van der Waals surface area contributed by atoms with Crippen LogP contribution in [0, 0.1) is 6.92 Å². The van der Waals surface area contributed by atoms with Gasteiger partial charge < -0.3 is 14.2 Å². The number of hydrogen-bond donors (Lipinski definition) is 0. The van der Waals surface area contributed by atoms with Gasteiger partial charge in [0.25, 0.3) is 0 Å². The first-order valence-electron chi connectivity index (χ1n) is 8.86. The zero-order valence-corrected chi connectivity index (χ0v) is 18.7. The molecule has 0 aliphatic carbocycles. The average Bonchev–Trinajstić information content (AvgIpc) is 2.75. The van der Waals surface area contributed by atoms with Crippen molar-refractivity contribution in [3.8, 4) is 11.5 Å². The van der Waals surface area contributed by atoms with Crippen LogP contribution in [0.1, 0.15) is 32.8 Å². The van der Waals surface area contributed by atoms with Gasteiger partial charge in [-0.1, -0.05) is 39.0 Å². The van der Waals surface area contributed by atoms with Crippen LogP contribution in [-0.2, 0) is 9.53 Å². The van der Waals surface area contributed by atoms with Gasteiger partial charge in [-0.3, -0.25) is 4.79 Å². The van der Waals surface area contributed by atoms with Crippen LogP contribution >= 0.6 is 11.8 Å². The van der Waals surface area contributed by atoms with E-state index in [4.69, 9.17) is 9.47 Å². The summed E-state index contributed by atoms with van der Waals surface area (Å²) in [6, 6.07) is 16.0. The second kappa shape index (κ2) is 18.6. The molecule has 4 nitrogen and oxygen atoms in total. The third-order valence-corrected chi connectivity index (χ3v) is 3.84. The van der Waals surface area contributed by atoms with Crippen molar-refractivity contribution < 1.29 is 19.0 Å². The molecule has 0 radical (unpaired) electrons. The monoisotopic (exact) mass is 394 g/mol. The minimum atomic E-state index is -0.157. The highest BCUT2D eigenvalue weighted by Gasteiger charge is 1.97. The van der Waals surface area contributed by atoms with Crippen molar-refractivity contribution in [3.63, 3.8) is 0 Å². The SMILES string of the molecule is CC.CCC(=O)OC.COc1ccc(OC)c(C)c1.CSc1ccccc1. The molecule has 0 unspecified atom stereocenters. The molecule has 2 aromatic rings.